The number of nitrogens with one attached hydrogen (secondary N) is 1. The van der Waals surface area contributed by atoms with E-state index in [1.807, 2.05) is 0 Å². The van der Waals surface area contributed by atoms with Crippen LogP contribution in [0.3, 0.4) is 0 Å². The highest BCUT2D eigenvalue weighted by Gasteiger charge is 2.34. The Hall–Kier alpha value is -0.290. The molecule has 1 heterocycles. The molecule has 1 aromatic carbocycles. The molecule has 1 fully saturated rings. The summed E-state index contributed by atoms with van der Waals surface area (Å²) in [7, 11) is 0. The molecule has 1 aliphatic heterocycles. The standard InChI is InChI=1S/C15H23IN2/c1-11(2)14-9-17-15(3,4)10-18(14)13-8-6-5-7-12(13)16/h5-8,11,14,17H,9-10H2,1-4H3. The van der Waals surface area contributed by atoms with E-state index in [-0.39, 0.29) is 5.54 Å². The number of nitrogens with zero attached hydrogens (tertiary/aromatic N) is 1. The molecular weight excluding hydrogens is 335 g/mol. The second-order valence-corrected chi connectivity index (χ2v) is 7.32. The van der Waals surface area contributed by atoms with Gasteiger partial charge in [-0.1, -0.05) is 26.0 Å². The summed E-state index contributed by atoms with van der Waals surface area (Å²) in [5.41, 5.74) is 1.57. The van der Waals surface area contributed by atoms with Crippen molar-refractivity contribution in [2.45, 2.75) is 39.3 Å². The van der Waals surface area contributed by atoms with Crippen LogP contribution in [-0.2, 0) is 0 Å². The van der Waals surface area contributed by atoms with E-state index in [1.54, 1.807) is 0 Å². The maximum Gasteiger partial charge on any atom is 0.0505 e. The summed E-state index contributed by atoms with van der Waals surface area (Å²) in [5, 5.41) is 3.66. The van der Waals surface area contributed by atoms with Gasteiger partial charge in [-0.25, -0.2) is 0 Å². The minimum absolute atomic E-state index is 0.185. The molecule has 0 aliphatic carbocycles. The number of benzene rings is 1. The number of rotatable bonds is 2. The van der Waals surface area contributed by atoms with Crippen LogP contribution in [0.15, 0.2) is 24.3 Å². The lowest BCUT2D eigenvalue weighted by atomic mass is 9.92. The molecule has 1 saturated heterocycles. The van der Waals surface area contributed by atoms with Gasteiger partial charge in [-0.15, -0.1) is 0 Å². The second kappa shape index (κ2) is 5.37. The minimum Gasteiger partial charge on any atom is -0.364 e. The molecule has 0 radical (unpaired) electrons. The SMILES string of the molecule is CC(C)C1CNC(C)(C)CN1c1ccccc1I. The third-order valence-corrected chi connectivity index (χ3v) is 4.60. The van der Waals surface area contributed by atoms with Gasteiger partial charge in [0.1, 0.15) is 0 Å². The zero-order valence-electron chi connectivity index (χ0n) is 11.7. The molecule has 0 spiro atoms. The summed E-state index contributed by atoms with van der Waals surface area (Å²) in [6, 6.07) is 9.28. The summed E-state index contributed by atoms with van der Waals surface area (Å²) in [6.45, 7) is 11.3. The quantitative estimate of drug-likeness (QED) is 0.814. The Morgan fingerprint density at radius 3 is 2.61 bits per heavy atom. The maximum atomic E-state index is 3.66. The summed E-state index contributed by atoms with van der Waals surface area (Å²) in [4.78, 5) is 2.59. The van der Waals surface area contributed by atoms with E-state index in [4.69, 9.17) is 0 Å². The first-order valence-electron chi connectivity index (χ1n) is 6.67. The fourth-order valence-corrected chi connectivity index (χ4v) is 3.33. The first kappa shape index (κ1) is 14.1. The predicted octanol–water partition coefficient (Wildman–Crippen LogP) is 3.50. The van der Waals surface area contributed by atoms with Crippen molar-refractivity contribution in [2.75, 3.05) is 18.0 Å². The third-order valence-electron chi connectivity index (χ3n) is 3.69. The van der Waals surface area contributed by atoms with Crippen LogP contribution in [0.5, 0.6) is 0 Å². The number of anilines is 1. The average Bonchev–Trinajstić information content (AvgIpc) is 2.27. The molecule has 1 aliphatic rings. The molecular formula is C15H23IN2. The van der Waals surface area contributed by atoms with Gasteiger partial charge in [-0.3, -0.25) is 0 Å². The lowest BCUT2D eigenvalue weighted by Crippen LogP contribution is -2.63. The Morgan fingerprint density at radius 1 is 1.33 bits per heavy atom. The van der Waals surface area contributed by atoms with Crippen molar-refractivity contribution >= 4 is 28.3 Å². The van der Waals surface area contributed by atoms with Gasteiger partial charge in [0, 0.05) is 28.2 Å². The number of para-hydroxylation sites is 1. The van der Waals surface area contributed by atoms with Crippen LogP contribution in [-0.4, -0.2) is 24.7 Å². The van der Waals surface area contributed by atoms with Crippen LogP contribution >= 0.6 is 22.6 Å². The number of hydrogen-bond acceptors (Lipinski definition) is 2. The molecule has 3 heteroatoms. The van der Waals surface area contributed by atoms with Gasteiger partial charge in [-0.2, -0.15) is 0 Å². The Labute approximate surface area is 124 Å². The molecule has 1 unspecified atom stereocenters. The highest BCUT2D eigenvalue weighted by Crippen LogP contribution is 2.30. The average molecular weight is 358 g/mol. The van der Waals surface area contributed by atoms with E-state index < -0.39 is 0 Å². The molecule has 18 heavy (non-hydrogen) atoms. The van der Waals surface area contributed by atoms with Crippen LogP contribution in [0.2, 0.25) is 0 Å². The van der Waals surface area contributed by atoms with Crippen LogP contribution in [0.25, 0.3) is 0 Å². The van der Waals surface area contributed by atoms with Crippen LogP contribution < -0.4 is 10.2 Å². The van der Waals surface area contributed by atoms with E-state index >= 15 is 0 Å². The fourth-order valence-electron chi connectivity index (χ4n) is 2.63. The van der Waals surface area contributed by atoms with E-state index in [1.165, 1.54) is 9.26 Å². The smallest absolute Gasteiger partial charge is 0.0505 e. The van der Waals surface area contributed by atoms with E-state index in [0.717, 1.165) is 13.1 Å². The largest absolute Gasteiger partial charge is 0.364 e. The number of piperazine rings is 1. The third kappa shape index (κ3) is 2.99. The first-order valence-corrected chi connectivity index (χ1v) is 7.75. The van der Waals surface area contributed by atoms with Gasteiger partial charge in [0.15, 0.2) is 0 Å². The highest BCUT2D eigenvalue weighted by atomic mass is 127. The first-order chi connectivity index (χ1) is 8.41. The molecule has 1 atom stereocenters. The van der Waals surface area contributed by atoms with E-state index in [9.17, 15) is 0 Å². The van der Waals surface area contributed by atoms with Crippen molar-refractivity contribution in [3.63, 3.8) is 0 Å². The monoisotopic (exact) mass is 358 g/mol. The van der Waals surface area contributed by atoms with Crippen molar-refractivity contribution in [3.8, 4) is 0 Å². The van der Waals surface area contributed by atoms with Crippen molar-refractivity contribution in [2.24, 2.45) is 5.92 Å². The van der Waals surface area contributed by atoms with Crippen molar-refractivity contribution < 1.29 is 0 Å². The van der Waals surface area contributed by atoms with Crippen LogP contribution in [0, 0.1) is 9.49 Å². The molecule has 0 amide bonds. The second-order valence-electron chi connectivity index (χ2n) is 6.16. The van der Waals surface area contributed by atoms with Crippen molar-refractivity contribution in [1.29, 1.82) is 0 Å². The molecule has 0 saturated carbocycles. The fraction of sp³-hybridized carbons (Fsp3) is 0.600. The lowest BCUT2D eigenvalue weighted by Gasteiger charge is -2.47. The molecule has 1 aromatic rings. The Kier molecular flexibility index (Phi) is 4.22. The van der Waals surface area contributed by atoms with Crippen molar-refractivity contribution in [3.05, 3.63) is 27.8 Å². The van der Waals surface area contributed by atoms with Gasteiger partial charge >= 0.3 is 0 Å². The zero-order valence-corrected chi connectivity index (χ0v) is 13.9. The molecule has 1 N–H and O–H groups in total. The Balaban J connectivity index is 2.33. The summed E-state index contributed by atoms with van der Waals surface area (Å²) < 4.78 is 1.35. The highest BCUT2D eigenvalue weighted by molar-refractivity contribution is 14.1. The molecule has 0 bridgehead atoms. The molecule has 100 valence electrons. The van der Waals surface area contributed by atoms with Crippen LogP contribution in [0.1, 0.15) is 27.7 Å². The number of halogens is 1. The van der Waals surface area contributed by atoms with E-state index in [2.05, 4.69) is 84.8 Å². The predicted molar refractivity (Wildman–Crippen MR) is 87.2 cm³/mol. The normalized spacial score (nSPS) is 23.4. The summed E-state index contributed by atoms with van der Waals surface area (Å²) >= 11 is 2.45. The van der Waals surface area contributed by atoms with Crippen molar-refractivity contribution in [1.82, 2.24) is 5.32 Å². The Morgan fingerprint density at radius 2 is 2.00 bits per heavy atom. The van der Waals surface area contributed by atoms with Gasteiger partial charge in [-0.05, 0) is 54.5 Å². The van der Waals surface area contributed by atoms with Gasteiger partial charge in [0.05, 0.1) is 5.69 Å². The van der Waals surface area contributed by atoms with Crippen LogP contribution in [0.4, 0.5) is 5.69 Å². The maximum absolute atomic E-state index is 3.66. The Bertz CT molecular complexity index is 415. The lowest BCUT2D eigenvalue weighted by molar-refractivity contribution is 0.277. The number of hydrogen-bond donors (Lipinski definition) is 1. The van der Waals surface area contributed by atoms with Gasteiger partial charge < -0.3 is 10.2 Å². The molecule has 2 rings (SSSR count). The minimum atomic E-state index is 0.185. The summed E-state index contributed by atoms with van der Waals surface area (Å²) in [6.07, 6.45) is 0. The summed E-state index contributed by atoms with van der Waals surface area (Å²) in [5.74, 6) is 0.657. The molecule has 0 aromatic heterocycles. The zero-order chi connectivity index (χ0) is 13.3. The van der Waals surface area contributed by atoms with Gasteiger partial charge in [0.2, 0.25) is 0 Å². The van der Waals surface area contributed by atoms with E-state index in [0.29, 0.717) is 12.0 Å². The molecule has 2 nitrogen and oxygen atoms in total. The topological polar surface area (TPSA) is 15.3 Å². The van der Waals surface area contributed by atoms with Gasteiger partial charge in [0.25, 0.3) is 0 Å².